The van der Waals surface area contributed by atoms with Crippen molar-refractivity contribution in [2.75, 3.05) is 13.1 Å². The molecular weight excluding hydrogens is 350 g/mol. The molecule has 2 nitrogen and oxygen atoms in total. The minimum Gasteiger partial charge on any atom is -0.293 e. The van der Waals surface area contributed by atoms with Gasteiger partial charge in [0.1, 0.15) is 0 Å². The molecule has 0 N–H and O–H groups in total. The average molecular weight is 372 g/mol. The number of likely N-dealkylation sites (tertiary alicyclic amines) is 1. The number of Topliss-reactive ketones (excluding diaryl/α,β-unsaturated/α-hetero) is 1. The largest absolute Gasteiger partial charge is 0.293 e. The molecule has 3 rings (SSSR count). The summed E-state index contributed by atoms with van der Waals surface area (Å²) in [4.78, 5) is 15.5. The topological polar surface area (TPSA) is 20.3 Å². The Labute approximate surface area is 146 Å². The third-order valence-electron chi connectivity index (χ3n) is 4.53. The Morgan fingerprint density at radius 3 is 2.26 bits per heavy atom. The van der Waals surface area contributed by atoms with E-state index in [4.69, 9.17) is 0 Å². The Morgan fingerprint density at radius 1 is 0.957 bits per heavy atom. The quantitative estimate of drug-likeness (QED) is 0.708. The van der Waals surface area contributed by atoms with Gasteiger partial charge in [0.2, 0.25) is 0 Å². The zero-order valence-electron chi connectivity index (χ0n) is 13.2. The lowest BCUT2D eigenvalue weighted by molar-refractivity contribution is 0.0783. The maximum atomic E-state index is 13.1. The second-order valence-corrected chi connectivity index (χ2v) is 7.09. The maximum absolute atomic E-state index is 13.1. The van der Waals surface area contributed by atoms with Crippen LogP contribution in [-0.2, 0) is 6.42 Å². The Morgan fingerprint density at radius 2 is 1.61 bits per heavy atom. The number of nitrogens with zero attached hydrogens (tertiary/aromatic N) is 1. The summed E-state index contributed by atoms with van der Waals surface area (Å²) in [7, 11) is 0. The van der Waals surface area contributed by atoms with E-state index in [0.717, 1.165) is 29.5 Å². The summed E-state index contributed by atoms with van der Waals surface area (Å²) >= 11 is 3.44. The molecule has 1 unspecified atom stereocenters. The summed E-state index contributed by atoms with van der Waals surface area (Å²) in [6.07, 6.45) is 4.45. The van der Waals surface area contributed by atoms with Crippen LogP contribution in [0.2, 0.25) is 0 Å². The third-order valence-corrected chi connectivity index (χ3v) is 5.06. The first kappa shape index (κ1) is 16.4. The lowest BCUT2D eigenvalue weighted by Crippen LogP contribution is -2.45. The van der Waals surface area contributed by atoms with Crippen LogP contribution in [0.5, 0.6) is 0 Å². The molecule has 23 heavy (non-hydrogen) atoms. The number of hydrogen-bond acceptors (Lipinski definition) is 2. The summed E-state index contributed by atoms with van der Waals surface area (Å²) in [6, 6.07) is 18.0. The number of halogens is 1. The van der Waals surface area contributed by atoms with Crippen LogP contribution in [0, 0.1) is 0 Å². The summed E-state index contributed by atoms with van der Waals surface area (Å²) in [6.45, 7) is 2.06. The van der Waals surface area contributed by atoms with Crippen molar-refractivity contribution in [3.05, 3.63) is 70.2 Å². The molecular formula is C20H22BrNO. The number of carbonyl (C=O) groups is 1. The molecule has 1 aliphatic heterocycles. The van der Waals surface area contributed by atoms with E-state index >= 15 is 0 Å². The average Bonchev–Trinajstić information content (AvgIpc) is 2.61. The second kappa shape index (κ2) is 7.89. The van der Waals surface area contributed by atoms with Gasteiger partial charge in [-0.2, -0.15) is 0 Å². The Hall–Kier alpha value is -1.45. The van der Waals surface area contributed by atoms with Crippen molar-refractivity contribution in [1.29, 1.82) is 0 Å². The number of ketones is 1. The lowest BCUT2D eigenvalue weighted by Gasteiger charge is -2.33. The predicted molar refractivity (Wildman–Crippen MR) is 97.8 cm³/mol. The molecule has 1 atom stereocenters. The van der Waals surface area contributed by atoms with Gasteiger partial charge >= 0.3 is 0 Å². The molecule has 1 heterocycles. The van der Waals surface area contributed by atoms with Crippen LogP contribution in [0.15, 0.2) is 59.1 Å². The second-order valence-electron chi connectivity index (χ2n) is 6.17. The van der Waals surface area contributed by atoms with E-state index in [0.29, 0.717) is 0 Å². The highest BCUT2D eigenvalue weighted by Crippen LogP contribution is 2.20. The van der Waals surface area contributed by atoms with Crippen molar-refractivity contribution < 1.29 is 4.79 Å². The van der Waals surface area contributed by atoms with Crippen molar-refractivity contribution >= 4 is 21.7 Å². The monoisotopic (exact) mass is 371 g/mol. The summed E-state index contributed by atoms with van der Waals surface area (Å²) < 4.78 is 1.01. The Bertz CT molecular complexity index is 632. The van der Waals surface area contributed by atoms with Crippen LogP contribution < -0.4 is 0 Å². The number of hydrogen-bond donors (Lipinski definition) is 0. The van der Waals surface area contributed by atoms with Crippen LogP contribution in [0.25, 0.3) is 0 Å². The SMILES string of the molecule is O=C(c1ccc(Br)cc1)C(Cc1ccccc1)N1CCCCC1. The van der Waals surface area contributed by atoms with E-state index in [9.17, 15) is 4.79 Å². The van der Waals surface area contributed by atoms with Gasteiger partial charge in [-0.05, 0) is 50.0 Å². The molecule has 120 valence electrons. The standard InChI is InChI=1S/C20H22BrNO/c21-18-11-9-17(10-12-18)20(23)19(22-13-5-2-6-14-22)15-16-7-3-1-4-8-16/h1,3-4,7-12,19H,2,5-6,13-15H2. The maximum Gasteiger partial charge on any atom is 0.180 e. The predicted octanol–water partition coefficient (Wildman–Crippen LogP) is 4.73. The Kier molecular flexibility index (Phi) is 5.63. The summed E-state index contributed by atoms with van der Waals surface area (Å²) in [5, 5.41) is 0. The molecule has 0 aliphatic carbocycles. The van der Waals surface area contributed by atoms with Crippen molar-refractivity contribution in [2.24, 2.45) is 0 Å². The number of rotatable bonds is 5. The van der Waals surface area contributed by atoms with Gasteiger partial charge in [-0.25, -0.2) is 0 Å². The number of benzene rings is 2. The van der Waals surface area contributed by atoms with E-state index in [-0.39, 0.29) is 11.8 Å². The van der Waals surface area contributed by atoms with Gasteiger partial charge in [-0.1, -0.05) is 64.8 Å². The highest BCUT2D eigenvalue weighted by molar-refractivity contribution is 9.10. The fourth-order valence-corrected chi connectivity index (χ4v) is 3.53. The fourth-order valence-electron chi connectivity index (χ4n) is 3.26. The van der Waals surface area contributed by atoms with Gasteiger partial charge in [0, 0.05) is 10.0 Å². The van der Waals surface area contributed by atoms with E-state index in [1.165, 1.54) is 24.8 Å². The molecule has 0 amide bonds. The molecule has 2 aromatic carbocycles. The van der Waals surface area contributed by atoms with Gasteiger partial charge in [0.15, 0.2) is 5.78 Å². The first-order valence-electron chi connectivity index (χ1n) is 8.32. The number of piperidine rings is 1. The molecule has 0 radical (unpaired) electrons. The van der Waals surface area contributed by atoms with Gasteiger partial charge < -0.3 is 0 Å². The molecule has 1 saturated heterocycles. The lowest BCUT2D eigenvalue weighted by atomic mass is 9.94. The molecule has 2 aromatic rings. The van der Waals surface area contributed by atoms with E-state index in [2.05, 4.69) is 33.0 Å². The smallest absolute Gasteiger partial charge is 0.180 e. The van der Waals surface area contributed by atoms with Crippen LogP contribution in [0.4, 0.5) is 0 Å². The van der Waals surface area contributed by atoms with Gasteiger partial charge in [-0.3, -0.25) is 9.69 Å². The van der Waals surface area contributed by atoms with Gasteiger partial charge in [0.25, 0.3) is 0 Å². The Balaban J connectivity index is 1.84. The molecule has 1 aliphatic rings. The fraction of sp³-hybridized carbons (Fsp3) is 0.350. The van der Waals surface area contributed by atoms with E-state index < -0.39 is 0 Å². The number of carbonyl (C=O) groups excluding carboxylic acids is 1. The first-order chi connectivity index (χ1) is 11.2. The summed E-state index contributed by atoms with van der Waals surface area (Å²) in [5.41, 5.74) is 2.04. The highest BCUT2D eigenvalue weighted by atomic mass is 79.9. The van der Waals surface area contributed by atoms with Crippen molar-refractivity contribution in [1.82, 2.24) is 4.90 Å². The van der Waals surface area contributed by atoms with Gasteiger partial charge in [-0.15, -0.1) is 0 Å². The minimum absolute atomic E-state index is 0.0566. The molecule has 0 aromatic heterocycles. The minimum atomic E-state index is -0.0566. The van der Waals surface area contributed by atoms with Crippen molar-refractivity contribution in [3.63, 3.8) is 0 Å². The van der Waals surface area contributed by atoms with Crippen LogP contribution in [0.1, 0.15) is 35.2 Å². The zero-order valence-corrected chi connectivity index (χ0v) is 14.8. The molecule has 1 fully saturated rings. The van der Waals surface area contributed by atoms with Crippen molar-refractivity contribution in [2.45, 2.75) is 31.7 Å². The highest BCUT2D eigenvalue weighted by Gasteiger charge is 2.28. The van der Waals surface area contributed by atoms with Crippen molar-refractivity contribution in [3.8, 4) is 0 Å². The van der Waals surface area contributed by atoms with E-state index in [1.807, 2.05) is 42.5 Å². The van der Waals surface area contributed by atoms with E-state index in [1.54, 1.807) is 0 Å². The van der Waals surface area contributed by atoms with Crippen LogP contribution in [0.3, 0.4) is 0 Å². The third kappa shape index (κ3) is 4.30. The zero-order chi connectivity index (χ0) is 16.1. The molecule has 0 bridgehead atoms. The first-order valence-corrected chi connectivity index (χ1v) is 9.11. The molecule has 0 spiro atoms. The van der Waals surface area contributed by atoms with Crippen LogP contribution >= 0.6 is 15.9 Å². The normalized spacial score (nSPS) is 16.9. The van der Waals surface area contributed by atoms with Gasteiger partial charge in [0.05, 0.1) is 6.04 Å². The molecule has 0 saturated carbocycles. The van der Waals surface area contributed by atoms with Crippen LogP contribution in [-0.4, -0.2) is 29.8 Å². The summed E-state index contributed by atoms with van der Waals surface area (Å²) in [5.74, 6) is 0.239. The molecule has 3 heteroatoms.